The fourth-order valence-corrected chi connectivity index (χ4v) is 3.68. The van der Waals surface area contributed by atoms with Crippen molar-refractivity contribution in [2.75, 3.05) is 13.9 Å². The normalized spacial score (nSPS) is 27.5. The van der Waals surface area contributed by atoms with Crippen molar-refractivity contribution < 1.29 is 24.1 Å². The summed E-state index contributed by atoms with van der Waals surface area (Å²) in [5.74, 6) is 2.82. The average Bonchev–Trinajstić information content (AvgIpc) is 3.20. The van der Waals surface area contributed by atoms with Crippen molar-refractivity contribution in [3.8, 4) is 23.0 Å². The smallest absolute Gasteiger partial charge is 0.231 e. The van der Waals surface area contributed by atoms with Crippen LogP contribution in [0.25, 0.3) is 0 Å². The van der Waals surface area contributed by atoms with Crippen molar-refractivity contribution in [1.29, 1.82) is 0 Å². The van der Waals surface area contributed by atoms with Crippen LogP contribution < -0.4 is 14.2 Å². The molecule has 1 fully saturated rings. The van der Waals surface area contributed by atoms with Gasteiger partial charge < -0.3 is 24.1 Å². The van der Waals surface area contributed by atoms with Crippen molar-refractivity contribution in [2.24, 2.45) is 11.8 Å². The van der Waals surface area contributed by atoms with Crippen LogP contribution in [0.5, 0.6) is 23.0 Å². The van der Waals surface area contributed by atoms with E-state index in [1.807, 2.05) is 30.3 Å². The van der Waals surface area contributed by atoms with Crippen LogP contribution in [0.15, 0.2) is 36.4 Å². The summed E-state index contributed by atoms with van der Waals surface area (Å²) in [4.78, 5) is 0. The maximum Gasteiger partial charge on any atom is 0.231 e. The number of phenolic OH excluding ortho intramolecular Hbond substituents is 1. The highest BCUT2D eigenvalue weighted by Crippen LogP contribution is 2.50. The van der Waals surface area contributed by atoms with Gasteiger partial charge in [-0.1, -0.05) is 26.0 Å². The summed E-state index contributed by atoms with van der Waals surface area (Å²) in [6.07, 6.45) is -0.0748. The van der Waals surface area contributed by atoms with Gasteiger partial charge in [0.1, 0.15) is 0 Å². The molecular weight excluding hydrogens is 320 g/mol. The van der Waals surface area contributed by atoms with Crippen molar-refractivity contribution in [2.45, 2.75) is 26.1 Å². The average molecular weight is 342 g/mol. The SMILES string of the molecule is COc1cc([C@@H]2O[C@H](c3ccc4c(c3)OCO4)[C@H](C)[C@@H]2C)ccc1O. The lowest BCUT2D eigenvalue weighted by atomic mass is 9.85. The zero-order valence-electron chi connectivity index (χ0n) is 14.6. The van der Waals surface area contributed by atoms with E-state index in [2.05, 4.69) is 13.8 Å². The maximum atomic E-state index is 9.82. The Labute approximate surface area is 147 Å². The second-order valence-electron chi connectivity index (χ2n) is 6.74. The molecule has 2 aromatic carbocycles. The molecule has 5 heteroatoms. The molecule has 0 amide bonds. The lowest BCUT2D eigenvalue weighted by Gasteiger charge is -2.17. The summed E-state index contributed by atoms with van der Waals surface area (Å²) in [6, 6.07) is 11.4. The largest absolute Gasteiger partial charge is 0.504 e. The standard InChI is InChI=1S/C20H22O5/c1-11-12(2)20(14-5-7-16-18(9-14)24-10-23-16)25-19(11)13-4-6-15(21)17(8-13)22-3/h4-9,11-12,19-21H,10H2,1-3H3/t11-,12+,19+,20-/m0/s1. The van der Waals surface area contributed by atoms with E-state index >= 15 is 0 Å². The third kappa shape index (κ3) is 2.68. The first-order valence-corrected chi connectivity index (χ1v) is 8.50. The summed E-state index contributed by atoms with van der Waals surface area (Å²) < 4.78 is 22.5. The topological polar surface area (TPSA) is 57.2 Å². The Kier molecular flexibility index (Phi) is 3.96. The van der Waals surface area contributed by atoms with Crippen molar-refractivity contribution in [3.63, 3.8) is 0 Å². The zero-order chi connectivity index (χ0) is 17.6. The fourth-order valence-electron chi connectivity index (χ4n) is 3.68. The van der Waals surface area contributed by atoms with Gasteiger partial charge in [0.25, 0.3) is 0 Å². The van der Waals surface area contributed by atoms with Crippen molar-refractivity contribution in [3.05, 3.63) is 47.5 Å². The lowest BCUT2D eigenvalue weighted by molar-refractivity contribution is 0.0288. The van der Waals surface area contributed by atoms with Crippen molar-refractivity contribution in [1.82, 2.24) is 0 Å². The quantitative estimate of drug-likeness (QED) is 0.905. The third-order valence-electron chi connectivity index (χ3n) is 5.34. The molecule has 2 heterocycles. The Morgan fingerprint density at radius 1 is 0.920 bits per heavy atom. The minimum Gasteiger partial charge on any atom is -0.504 e. The minimum atomic E-state index is -0.0556. The molecule has 0 unspecified atom stereocenters. The molecule has 132 valence electrons. The monoisotopic (exact) mass is 342 g/mol. The first kappa shape index (κ1) is 16.1. The van der Waals surface area contributed by atoms with Crippen LogP contribution in [0.2, 0.25) is 0 Å². The summed E-state index contributed by atoms with van der Waals surface area (Å²) in [5.41, 5.74) is 2.11. The van der Waals surface area contributed by atoms with Gasteiger partial charge in [-0.2, -0.15) is 0 Å². The van der Waals surface area contributed by atoms with Gasteiger partial charge in [-0.05, 0) is 47.2 Å². The number of phenols is 1. The molecule has 0 spiro atoms. The molecule has 0 radical (unpaired) electrons. The van der Waals surface area contributed by atoms with Gasteiger partial charge >= 0.3 is 0 Å². The molecule has 0 aliphatic carbocycles. The Bertz CT molecular complexity index is 767. The molecule has 4 rings (SSSR count). The molecule has 2 aliphatic heterocycles. The fraction of sp³-hybridized carbons (Fsp3) is 0.400. The van der Waals surface area contributed by atoms with Crippen LogP contribution in [-0.2, 0) is 4.74 Å². The Morgan fingerprint density at radius 3 is 2.28 bits per heavy atom. The van der Waals surface area contributed by atoms with Crippen LogP contribution in [0.1, 0.15) is 37.2 Å². The van der Waals surface area contributed by atoms with E-state index in [4.69, 9.17) is 18.9 Å². The molecule has 0 bridgehead atoms. The molecule has 1 N–H and O–H groups in total. The summed E-state index contributed by atoms with van der Waals surface area (Å²) >= 11 is 0. The van der Waals surface area contributed by atoms with Gasteiger partial charge in [-0.15, -0.1) is 0 Å². The molecule has 0 aromatic heterocycles. The number of benzene rings is 2. The summed E-state index contributed by atoms with van der Waals surface area (Å²) in [7, 11) is 1.55. The minimum absolute atomic E-state index is 0.0192. The highest BCUT2D eigenvalue weighted by atomic mass is 16.7. The predicted octanol–water partition coefficient (Wildman–Crippen LogP) is 4.21. The highest BCUT2D eigenvalue weighted by molar-refractivity contribution is 5.46. The number of ether oxygens (including phenoxy) is 4. The first-order valence-electron chi connectivity index (χ1n) is 8.50. The Balaban J connectivity index is 1.63. The Morgan fingerprint density at radius 2 is 1.56 bits per heavy atom. The van der Waals surface area contributed by atoms with Gasteiger partial charge in [0, 0.05) is 0 Å². The Hall–Kier alpha value is -2.40. The van der Waals surface area contributed by atoms with Crippen LogP contribution >= 0.6 is 0 Å². The number of aromatic hydroxyl groups is 1. The molecule has 5 nitrogen and oxygen atoms in total. The number of rotatable bonds is 3. The van der Waals surface area contributed by atoms with E-state index < -0.39 is 0 Å². The molecule has 2 aliphatic rings. The van der Waals surface area contributed by atoms with E-state index in [0.717, 1.165) is 22.6 Å². The molecular formula is C20H22O5. The van der Waals surface area contributed by atoms with Crippen LogP contribution in [0, 0.1) is 11.8 Å². The maximum absolute atomic E-state index is 9.82. The third-order valence-corrected chi connectivity index (χ3v) is 5.34. The second-order valence-corrected chi connectivity index (χ2v) is 6.74. The van der Waals surface area contributed by atoms with Crippen LogP contribution in [0.4, 0.5) is 0 Å². The molecule has 0 saturated carbocycles. The number of hydrogen-bond donors (Lipinski definition) is 1. The second kappa shape index (κ2) is 6.15. The first-order chi connectivity index (χ1) is 12.1. The van der Waals surface area contributed by atoms with E-state index in [1.54, 1.807) is 13.2 Å². The van der Waals surface area contributed by atoms with Crippen LogP contribution in [-0.4, -0.2) is 19.0 Å². The van der Waals surface area contributed by atoms with Crippen molar-refractivity contribution >= 4 is 0 Å². The molecule has 1 saturated heterocycles. The van der Waals surface area contributed by atoms with E-state index in [-0.39, 0.29) is 24.8 Å². The summed E-state index contributed by atoms with van der Waals surface area (Å²) in [5, 5.41) is 9.82. The van der Waals surface area contributed by atoms with Gasteiger partial charge in [0.15, 0.2) is 23.0 Å². The summed E-state index contributed by atoms with van der Waals surface area (Å²) in [6.45, 7) is 4.67. The molecule has 25 heavy (non-hydrogen) atoms. The number of fused-ring (bicyclic) bond motifs is 1. The van der Waals surface area contributed by atoms with Gasteiger partial charge in [-0.25, -0.2) is 0 Å². The highest BCUT2D eigenvalue weighted by Gasteiger charge is 2.41. The molecule has 4 atom stereocenters. The zero-order valence-corrected chi connectivity index (χ0v) is 14.6. The lowest BCUT2D eigenvalue weighted by Crippen LogP contribution is -2.09. The van der Waals surface area contributed by atoms with E-state index in [1.165, 1.54) is 0 Å². The van der Waals surface area contributed by atoms with E-state index in [0.29, 0.717) is 17.6 Å². The van der Waals surface area contributed by atoms with Gasteiger partial charge in [-0.3, -0.25) is 0 Å². The number of methoxy groups -OCH3 is 1. The molecule has 2 aromatic rings. The van der Waals surface area contributed by atoms with E-state index in [9.17, 15) is 5.11 Å². The predicted molar refractivity (Wildman–Crippen MR) is 92.1 cm³/mol. The van der Waals surface area contributed by atoms with Gasteiger partial charge in [0.05, 0.1) is 19.3 Å². The number of hydrogen-bond acceptors (Lipinski definition) is 5. The van der Waals surface area contributed by atoms with Gasteiger partial charge in [0.2, 0.25) is 6.79 Å². The van der Waals surface area contributed by atoms with Crippen LogP contribution in [0.3, 0.4) is 0 Å².